The minimum Gasteiger partial charge on any atom is -0.307 e. The summed E-state index contributed by atoms with van der Waals surface area (Å²) in [7, 11) is 0. The van der Waals surface area contributed by atoms with Crippen molar-refractivity contribution in [2.75, 3.05) is 6.54 Å². The van der Waals surface area contributed by atoms with Crippen LogP contribution < -0.4 is 5.32 Å². The molecule has 0 aliphatic heterocycles. The molecule has 0 bridgehead atoms. The molecule has 0 fully saturated rings. The summed E-state index contributed by atoms with van der Waals surface area (Å²) in [4.78, 5) is 0. The molecule has 0 heterocycles. The van der Waals surface area contributed by atoms with Crippen LogP contribution in [0.3, 0.4) is 0 Å². The van der Waals surface area contributed by atoms with E-state index < -0.39 is 0 Å². The molecule has 1 nitrogen and oxygen atoms in total. The summed E-state index contributed by atoms with van der Waals surface area (Å²) in [5, 5.41) is 4.30. The van der Waals surface area contributed by atoms with Crippen molar-refractivity contribution < 1.29 is 0 Å². The summed E-state index contributed by atoms with van der Waals surface area (Å²) in [5.74, 6) is 0. The second-order valence-electron chi connectivity index (χ2n) is 4.55. The smallest absolute Gasteiger partial charge is 0.0579 e. The fraction of sp³-hybridized carbons (Fsp3) is 0.250. The van der Waals surface area contributed by atoms with Crippen molar-refractivity contribution in [1.82, 2.24) is 5.32 Å². The molecular weight excluding hydrogens is 322 g/mol. The summed E-state index contributed by atoms with van der Waals surface area (Å²) < 4.78 is 1.11. The highest BCUT2D eigenvalue weighted by Crippen LogP contribution is 2.28. The van der Waals surface area contributed by atoms with Crippen molar-refractivity contribution in [2.45, 2.75) is 19.9 Å². The van der Waals surface area contributed by atoms with Gasteiger partial charge in [-0.25, -0.2) is 0 Å². The Morgan fingerprint density at radius 1 is 1.21 bits per heavy atom. The lowest BCUT2D eigenvalue weighted by atomic mass is 9.95. The topological polar surface area (TPSA) is 12.0 Å². The summed E-state index contributed by atoms with van der Waals surface area (Å²) in [6, 6.07) is 14.6. The summed E-state index contributed by atoms with van der Waals surface area (Å²) in [6.07, 6.45) is 0. The number of benzene rings is 2. The zero-order valence-corrected chi connectivity index (χ0v) is 13.4. The first-order valence-electron chi connectivity index (χ1n) is 6.36. The van der Waals surface area contributed by atoms with Crippen LogP contribution in [-0.4, -0.2) is 6.54 Å². The maximum Gasteiger partial charge on any atom is 0.0579 e. The fourth-order valence-corrected chi connectivity index (χ4v) is 2.93. The quantitative estimate of drug-likeness (QED) is 0.817. The van der Waals surface area contributed by atoms with Crippen molar-refractivity contribution in [3.8, 4) is 0 Å². The molecule has 0 amide bonds. The van der Waals surface area contributed by atoms with Gasteiger partial charge < -0.3 is 5.32 Å². The molecule has 2 aromatic rings. The Kier molecular flexibility index (Phi) is 5.03. The molecule has 2 aromatic carbocycles. The second-order valence-corrected chi connectivity index (χ2v) is 5.90. The molecule has 0 spiro atoms. The van der Waals surface area contributed by atoms with Gasteiger partial charge in [-0.15, -0.1) is 0 Å². The van der Waals surface area contributed by atoms with Gasteiger partial charge in [0.2, 0.25) is 0 Å². The molecule has 0 saturated carbocycles. The summed E-state index contributed by atoms with van der Waals surface area (Å²) in [5.41, 5.74) is 3.74. The lowest BCUT2D eigenvalue weighted by Crippen LogP contribution is -2.22. The molecule has 1 atom stereocenters. The number of hydrogen-bond acceptors (Lipinski definition) is 1. The molecular formula is C16H17BrClN. The maximum absolute atomic E-state index is 6.11. The van der Waals surface area contributed by atoms with Gasteiger partial charge in [0.05, 0.1) is 6.04 Å². The first kappa shape index (κ1) is 14.6. The van der Waals surface area contributed by atoms with Gasteiger partial charge in [-0.2, -0.15) is 0 Å². The molecule has 0 saturated heterocycles. The molecule has 19 heavy (non-hydrogen) atoms. The largest absolute Gasteiger partial charge is 0.307 e. The highest BCUT2D eigenvalue weighted by Gasteiger charge is 2.15. The standard InChI is InChI=1S/C16H17BrClN/c1-3-19-16(12-5-4-6-14(18)10-12)15-8-7-13(17)9-11(15)2/h4-10,16,19H,3H2,1-2H3. The Bertz CT molecular complexity index is 568. The molecule has 1 unspecified atom stereocenters. The van der Waals surface area contributed by atoms with Crippen molar-refractivity contribution in [3.63, 3.8) is 0 Å². The Hall–Kier alpha value is -0.830. The van der Waals surface area contributed by atoms with Crippen LogP contribution in [0.25, 0.3) is 0 Å². The van der Waals surface area contributed by atoms with Crippen molar-refractivity contribution in [2.24, 2.45) is 0 Å². The van der Waals surface area contributed by atoms with E-state index in [9.17, 15) is 0 Å². The van der Waals surface area contributed by atoms with Crippen LogP contribution in [0.1, 0.15) is 29.7 Å². The predicted octanol–water partition coefficient (Wildman–Crippen LogP) is 5.11. The number of rotatable bonds is 4. The highest BCUT2D eigenvalue weighted by atomic mass is 79.9. The molecule has 1 N–H and O–H groups in total. The average molecular weight is 339 g/mol. The average Bonchev–Trinajstić information content (AvgIpc) is 2.37. The molecule has 3 heteroatoms. The van der Waals surface area contributed by atoms with Gasteiger partial charge >= 0.3 is 0 Å². The minimum atomic E-state index is 0.178. The van der Waals surface area contributed by atoms with Crippen molar-refractivity contribution in [3.05, 3.63) is 68.7 Å². The Labute approximate surface area is 128 Å². The van der Waals surface area contributed by atoms with E-state index in [0.717, 1.165) is 16.0 Å². The first-order valence-corrected chi connectivity index (χ1v) is 7.54. The zero-order valence-electron chi connectivity index (χ0n) is 11.1. The van der Waals surface area contributed by atoms with Gasteiger partial charge in [0.1, 0.15) is 0 Å². The number of halogens is 2. The molecule has 0 radical (unpaired) electrons. The lowest BCUT2D eigenvalue weighted by molar-refractivity contribution is 0.627. The zero-order chi connectivity index (χ0) is 13.8. The second kappa shape index (κ2) is 6.56. The first-order chi connectivity index (χ1) is 9.11. The number of aryl methyl sites for hydroxylation is 1. The third-order valence-electron chi connectivity index (χ3n) is 3.13. The van der Waals surface area contributed by atoms with Crippen LogP contribution in [0.15, 0.2) is 46.9 Å². The van der Waals surface area contributed by atoms with E-state index in [-0.39, 0.29) is 6.04 Å². The van der Waals surface area contributed by atoms with Gasteiger partial charge in [0.15, 0.2) is 0 Å². The number of hydrogen-bond donors (Lipinski definition) is 1. The third-order valence-corrected chi connectivity index (χ3v) is 3.86. The Morgan fingerprint density at radius 3 is 2.63 bits per heavy atom. The van der Waals surface area contributed by atoms with Gasteiger partial charge in [-0.1, -0.05) is 52.7 Å². The van der Waals surface area contributed by atoms with E-state index in [2.05, 4.69) is 59.4 Å². The van der Waals surface area contributed by atoms with E-state index in [4.69, 9.17) is 11.6 Å². The Balaban J connectivity index is 2.45. The van der Waals surface area contributed by atoms with Crippen molar-refractivity contribution >= 4 is 27.5 Å². The normalized spacial score (nSPS) is 12.4. The van der Waals surface area contributed by atoms with E-state index >= 15 is 0 Å². The van der Waals surface area contributed by atoms with Gasteiger partial charge in [-0.3, -0.25) is 0 Å². The highest BCUT2D eigenvalue weighted by molar-refractivity contribution is 9.10. The van der Waals surface area contributed by atoms with Crippen LogP contribution in [-0.2, 0) is 0 Å². The van der Waals surface area contributed by atoms with Gasteiger partial charge in [-0.05, 0) is 54.4 Å². The van der Waals surface area contributed by atoms with Crippen LogP contribution in [0.2, 0.25) is 5.02 Å². The monoisotopic (exact) mass is 337 g/mol. The van der Waals surface area contributed by atoms with Gasteiger partial charge in [0.25, 0.3) is 0 Å². The predicted molar refractivity (Wildman–Crippen MR) is 85.9 cm³/mol. The molecule has 0 aliphatic rings. The minimum absolute atomic E-state index is 0.178. The SMILES string of the molecule is CCNC(c1cccc(Cl)c1)c1ccc(Br)cc1C. The van der Waals surface area contributed by atoms with Crippen molar-refractivity contribution in [1.29, 1.82) is 0 Å². The van der Waals surface area contributed by atoms with E-state index in [1.807, 2.05) is 18.2 Å². The van der Waals surface area contributed by atoms with Gasteiger partial charge in [0, 0.05) is 9.50 Å². The van der Waals surface area contributed by atoms with E-state index in [1.54, 1.807) is 0 Å². The lowest BCUT2D eigenvalue weighted by Gasteiger charge is -2.21. The van der Waals surface area contributed by atoms with Crippen LogP contribution in [0.4, 0.5) is 0 Å². The van der Waals surface area contributed by atoms with Crippen LogP contribution in [0.5, 0.6) is 0 Å². The van der Waals surface area contributed by atoms with Crippen LogP contribution in [0, 0.1) is 6.92 Å². The third kappa shape index (κ3) is 3.59. The molecule has 100 valence electrons. The van der Waals surface area contributed by atoms with E-state index in [1.165, 1.54) is 16.7 Å². The number of nitrogens with one attached hydrogen (secondary N) is 1. The molecule has 0 aliphatic carbocycles. The summed E-state index contributed by atoms with van der Waals surface area (Å²) >= 11 is 9.62. The maximum atomic E-state index is 6.11. The Morgan fingerprint density at radius 2 is 2.00 bits per heavy atom. The van der Waals surface area contributed by atoms with E-state index in [0.29, 0.717) is 0 Å². The fourth-order valence-electron chi connectivity index (χ4n) is 2.26. The molecule has 2 rings (SSSR count). The van der Waals surface area contributed by atoms with Crippen LogP contribution >= 0.6 is 27.5 Å². The molecule has 0 aromatic heterocycles. The summed E-state index contributed by atoms with van der Waals surface area (Å²) in [6.45, 7) is 5.16.